The van der Waals surface area contributed by atoms with Crippen molar-refractivity contribution in [1.82, 2.24) is 0 Å². The lowest BCUT2D eigenvalue weighted by atomic mass is 9.83. The first-order valence-corrected chi connectivity index (χ1v) is 10.6. The monoisotopic (exact) mass is 374 g/mol. The van der Waals surface area contributed by atoms with E-state index in [2.05, 4.69) is 19.9 Å². The van der Waals surface area contributed by atoms with Crippen molar-refractivity contribution < 1.29 is 15.0 Å². The number of carboxylic acid groups (broad SMARTS) is 1. The highest BCUT2D eigenvalue weighted by molar-refractivity contribution is 5.69. The van der Waals surface area contributed by atoms with Crippen molar-refractivity contribution in [2.45, 2.75) is 90.6 Å². The lowest BCUT2D eigenvalue weighted by Gasteiger charge is -2.29. The summed E-state index contributed by atoms with van der Waals surface area (Å²) in [6, 6.07) is 8.19. The average Bonchev–Trinajstić information content (AvgIpc) is 2.65. The third kappa shape index (κ3) is 8.75. The first-order valence-electron chi connectivity index (χ1n) is 10.6. The predicted molar refractivity (Wildman–Crippen MR) is 114 cm³/mol. The van der Waals surface area contributed by atoms with Gasteiger partial charge in [-0.2, -0.15) is 0 Å². The van der Waals surface area contributed by atoms with Crippen molar-refractivity contribution in [3.05, 3.63) is 41.5 Å². The fourth-order valence-electron chi connectivity index (χ4n) is 3.37. The number of hydrogen-bond donors (Lipinski definition) is 2. The molecule has 0 spiro atoms. The molecule has 0 aliphatic carbocycles. The van der Waals surface area contributed by atoms with Gasteiger partial charge in [-0.3, -0.25) is 4.79 Å². The van der Waals surface area contributed by atoms with Gasteiger partial charge in [0.05, 0.1) is 11.5 Å². The molecule has 1 rings (SSSR count). The molecule has 0 bridgehead atoms. The quantitative estimate of drug-likeness (QED) is 0.363. The highest BCUT2D eigenvalue weighted by Gasteiger charge is 2.28. The number of aliphatic hydroxyl groups is 1. The molecule has 0 aliphatic heterocycles. The molecule has 3 heteroatoms. The van der Waals surface area contributed by atoms with Crippen molar-refractivity contribution in [3.8, 4) is 0 Å². The molecule has 0 heterocycles. The van der Waals surface area contributed by atoms with Crippen LogP contribution in [-0.2, 0) is 10.4 Å². The third-order valence-corrected chi connectivity index (χ3v) is 5.31. The van der Waals surface area contributed by atoms with Gasteiger partial charge in [0.1, 0.15) is 0 Å². The molecular weight excluding hydrogens is 336 g/mol. The number of allylic oxidation sites excluding steroid dienone is 1. The zero-order valence-electron chi connectivity index (χ0n) is 17.4. The van der Waals surface area contributed by atoms with Crippen molar-refractivity contribution in [2.24, 2.45) is 5.92 Å². The summed E-state index contributed by atoms with van der Waals surface area (Å²) in [7, 11) is 0. The van der Waals surface area contributed by atoms with Crippen LogP contribution in [0.1, 0.15) is 96.1 Å². The van der Waals surface area contributed by atoms with Gasteiger partial charge in [0, 0.05) is 0 Å². The van der Waals surface area contributed by atoms with Gasteiger partial charge in [0.15, 0.2) is 0 Å². The van der Waals surface area contributed by atoms with Crippen LogP contribution in [0.3, 0.4) is 0 Å². The first-order chi connectivity index (χ1) is 12.9. The molecule has 1 aromatic rings. The predicted octanol–water partition coefficient (Wildman–Crippen LogP) is 6.55. The molecule has 0 fully saturated rings. The number of hydrogen-bond acceptors (Lipinski definition) is 2. The van der Waals surface area contributed by atoms with Crippen molar-refractivity contribution in [3.63, 3.8) is 0 Å². The van der Waals surface area contributed by atoms with Crippen LogP contribution < -0.4 is 0 Å². The van der Waals surface area contributed by atoms with E-state index in [1.165, 1.54) is 0 Å². The van der Waals surface area contributed by atoms with Crippen LogP contribution in [0.5, 0.6) is 0 Å². The van der Waals surface area contributed by atoms with Gasteiger partial charge in [0.2, 0.25) is 0 Å². The lowest BCUT2D eigenvalue weighted by Crippen LogP contribution is -2.25. The normalized spacial score (nSPS) is 13.2. The van der Waals surface area contributed by atoms with E-state index in [4.69, 9.17) is 5.11 Å². The second kappa shape index (κ2) is 12.7. The fraction of sp³-hybridized carbons (Fsp3) is 0.625. The minimum atomic E-state index is -0.744. The Balaban J connectivity index is 2.81. The smallest absolute Gasteiger partial charge is 0.306 e. The van der Waals surface area contributed by atoms with Crippen LogP contribution in [-0.4, -0.2) is 16.2 Å². The van der Waals surface area contributed by atoms with Crippen molar-refractivity contribution in [1.29, 1.82) is 0 Å². The summed E-state index contributed by atoms with van der Waals surface area (Å²) in [5.41, 5.74) is 1.34. The zero-order chi connectivity index (χ0) is 20.1. The minimum Gasteiger partial charge on any atom is -0.481 e. The summed E-state index contributed by atoms with van der Waals surface area (Å²) < 4.78 is 0. The van der Waals surface area contributed by atoms with Crippen LogP contribution in [0.25, 0.3) is 6.08 Å². The van der Waals surface area contributed by atoms with E-state index in [9.17, 15) is 9.90 Å². The maximum absolute atomic E-state index is 11.4. The summed E-state index contributed by atoms with van der Waals surface area (Å²) >= 11 is 0. The lowest BCUT2D eigenvalue weighted by molar-refractivity contribution is -0.141. The molecule has 1 unspecified atom stereocenters. The number of rotatable bonds is 14. The second-order valence-electron chi connectivity index (χ2n) is 7.79. The van der Waals surface area contributed by atoms with Gasteiger partial charge in [0.25, 0.3) is 0 Å². The third-order valence-electron chi connectivity index (χ3n) is 5.31. The highest BCUT2D eigenvalue weighted by atomic mass is 16.4. The van der Waals surface area contributed by atoms with Crippen LogP contribution >= 0.6 is 0 Å². The molecule has 0 saturated heterocycles. The number of unbranched alkanes of at least 4 members (excludes halogenated alkanes) is 4. The van der Waals surface area contributed by atoms with E-state index < -0.39 is 11.6 Å². The van der Waals surface area contributed by atoms with Gasteiger partial charge in [-0.1, -0.05) is 89.6 Å². The Morgan fingerprint density at radius 1 is 1.11 bits per heavy atom. The Bertz CT molecular complexity index is 567. The summed E-state index contributed by atoms with van der Waals surface area (Å²) in [6.07, 6.45) is 13.8. The Labute approximate surface area is 165 Å². The van der Waals surface area contributed by atoms with Crippen molar-refractivity contribution >= 4 is 12.0 Å². The molecule has 27 heavy (non-hydrogen) atoms. The summed E-state index contributed by atoms with van der Waals surface area (Å²) in [5, 5.41) is 20.3. The number of carboxylic acids is 1. The Hall–Kier alpha value is -1.61. The Morgan fingerprint density at radius 2 is 1.74 bits per heavy atom. The van der Waals surface area contributed by atoms with Crippen LogP contribution in [0.2, 0.25) is 0 Å². The molecule has 0 aromatic heterocycles. The van der Waals surface area contributed by atoms with E-state index in [1.54, 1.807) is 6.92 Å². The number of aliphatic carboxylic acids is 1. The van der Waals surface area contributed by atoms with Crippen molar-refractivity contribution in [2.75, 3.05) is 0 Å². The van der Waals surface area contributed by atoms with Crippen LogP contribution in [0.15, 0.2) is 30.3 Å². The molecule has 0 radical (unpaired) electrons. The Morgan fingerprint density at radius 3 is 2.30 bits per heavy atom. The minimum absolute atomic E-state index is 0.316. The summed E-state index contributed by atoms with van der Waals surface area (Å²) in [4.78, 5) is 10.9. The first kappa shape index (κ1) is 23.4. The maximum atomic E-state index is 11.4. The van der Waals surface area contributed by atoms with E-state index in [0.29, 0.717) is 6.42 Å². The molecule has 0 aliphatic rings. The van der Waals surface area contributed by atoms with Gasteiger partial charge < -0.3 is 10.2 Å². The van der Waals surface area contributed by atoms with Gasteiger partial charge in [-0.05, 0) is 42.9 Å². The Kier molecular flexibility index (Phi) is 11.0. The average molecular weight is 375 g/mol. The standard InChI is InChI=1S/C24H38O3/c1-4-6-10-17-24(27,18-11-7-5-2)22-16-12-15-21(19-22)14-9-8-13-20(3)23(25)26/h9,12,14-16,19-20,27H,4-8,10-11,13,17-18H2,1-3H3,(H,25,26). The zero-order valence-corrected chi connectivity index (χ0v) is 17.4. The topological polar surface area (TPSA) is 57.5 Å². The SMILES string of the molecule is CCCCCC(O)(CCCCC)c1cccc(C=CCCC(C)C(=O)O)c1. The summed E-state index contributed by atoms with van der Waals surface area (Å²) in [5.74, 6) is -1.06. The van der Waals surface area contributed by atoms with E-state index in [0.717, 1.165) is 68.9 Å². The van der Waals surface area contributed by atoms with E-state index in [-0.39, 0.29) is 5.92 Å². The molecule has 1 atom stereocenters. The number of benzene rings is 1. The molecular formula is C24H38O3. The fourth-order valence-corrected chi connectivity index (χ4v) is 3.37. The highest BCUT2D eigenvalue weighted by Crippen LogP contribution is 2.33. The maximum Gasteiger partial charge on any atom is 0.306 e. The number of carbonyl (C=O) groups is 1. The van der Waals surface area contributed by atoms with Crippen LogP contribution in [0, 0.1) is 5.92 Å². The van der Waals surface area contributed by atoms with E-state index in [1.807, 2.05) is 30.4 Å². The van der Waals surface area contributed by atoms with Gasteiger partial charge in [-0.25, -0.2) is 0 Å². The largest absolute Gasteiger partial charge is 0.481 e. The molecule has 0 saturated carbocycles. The molecule has 2 N–H and O–H groups in total. The second-order valence-corrected chi connectivity index (χ2v) is 7.79. The molecule has 3 nitrogen and oxygen atoms in total. The van der Waals surface area contributed by atoms with Crippen LogP contribution in [0.4, 0.5) is 0 Å². The summed E-state index contributed by atoms with van der Waals surface area (Å²) in [6.45, 7) is 6.11. The molecule has 152 valence electrons. The van der Waals surface area contributed by atoms with Gasteiger partial charge in [-0.15, -0.1) is 0 Å². The molecule has 0 amide bonds. The van der Waals surface area contributed by atoms with E-state index >= 15 is 0 Å². The molecule has 1 aromatic carbocycles. The van der Waals surface area contributed by atoms with Gasteiger partial charge >= 0.3 is 5.97 Å².